The van der Waals surface area contributed by atoms with E-state index in [1.54, 1.807) is 43.3 Å². The molecule has 1 N–H and O–H groups in total. The Morgan fingerprint density at radius 2 is 1.68 bits per heavy atom. The highest BCUT2D eigenvalue weighted by Crippen LogP contribution is 2.19. The average Bonchev–Trinajstić information content (AvgIpc) is 3.23. The number of ketones is 1. The monoisotopic (exact) mass is 377 g/mol. The number of rotatable bonds is 6. The fourth-order valence-corrected chi connectivity index (χ4v) is 2.51. The summed E-state index contributed by atoms with van der Waals surface area (Å²) < 4.78 is 10.2. The number of benzene rings is 2. The van der Waals surface area contributed by atoms with Crippen molar-refractivity contribution < 1.29 is 23.5 Å². The van der Waals surface area contributed by atoms with Crippen molar-refractivity contribution in [2.24, 2.45) is 0 Å². The van der Waals surface area contributed by atoms with Crippen molar-refractivity contribution in [2.45, 2.75) is 13.8 Å². The number of anilines is 1. The van der Waals surface area contributed by atoms with Gasteiger partial charge in [0, 0.05) is 11.3 Å². The van der Waals surface area contributed by atoms with Gasteiger partial charge in [-0.15, -0.1) is 0 Å². The van der Waals surface area contributed by atoms with Gasteiger partial charge in [-0.2, -0.15) is 0 Å². The molecule has 0 aliphatic carbocycles. The third-order valence-electron chi connectivity index (χ3n) is 4.17. The number of aryl methyl sites for hydroxylation is 2. The summed E-state index contributed by atoms with van der Waals surface area (Å²) in [5.41, 5.74) is 2.98. The quantitative estimate of drug-likeness (QED) is 0.514. The topological polar surface area (TPSA) is 85.6 Å². The zero-order chi connectivity index (χ0) is 20.1. The normalized spacial score (nSPS) is 10.4. The van der Waals surface area contributed by atoms with Crippen molar-refractivity contribution >= 4 is 23.3 Å². The Bertz CT molecular complexity index is 1000. The van der Waals surface area contributed by atoms with Gasteiger partial charge >= 0.3 is 5.97 Å². The Balaban J connectivity index is 1.66. The van der Waals surface area contributed by atoms with Crippen LogP contribution in [0.2, 0.25) is 0 Å². The first-order valence-corrected chi connectivity index (χ1v) is 8.66. The molecule has 1 aromatic heterocycles. The lowest BCUT2D eigenvalue weighted by atomic mass is 10.1. The number of esters is 1. The van der Waals surface area contributed by atoms with Crippen LogP contribution in [0.3, 0.4) is 0 Å². The molecule has 0 aliphatic heterocycles. The molecule has 0 bridgehead atoms. The van der Waals surface area contributed by atoms with Gasteiger partial charge in [0.15, 0.2) is 18.2 Å². The summed E-state index contributed by atoms with van der Waals surface area (Å²) in [6, 6.07) is 15.0. The Kier molecular flexibility index (Phi) is 5.69. The van der Waals surface area contributed by atoms with Gasteiger partial charge in [0.05, 0.1) is 11.8 Å². The number of carbonyl (C=O) groups is 3. The second-order valence-electron chi connectivity index (χ2n) is 6.33. The van der Waals surface area contributed by atoms with Crippen molar-refractivity contribution in [3.63, 3.8) is 0 Å². The van der Waals surface area contributed by atoms with Crippen LogP contribution in [0.15, 0.2) is 65.3 Å². The van der Waals surface area contributed by atoms with E-state index in [4.69, 9.17) is 9.15 Å². The first-order valence-electron chi connectivity index (χ1n) is 8.66. The maximum absolute atomic E-state index is 12.3. The van der Waals surface area contributed by atoms with Crippen LogP contribution in [0, 0.1) is 13.8 Å². The predicted molar refractivity (Wildman–Crippen MR) is 104 cm³/mol. The zero-order valence-electron chi connectivity index (χ0n) is 15.5. The van der Waals surface area contributed by atoms with E-state index in [-0.39, 0.29) is 23.7 Å². The SMILES string of the molecule is Cc1ccc(C(=O)COC(=O)c2ccc(C)c(NC(=O)c3ccco3)c2)cc1. The van der Waals surface area contributed by atoms with E-state index in [0.717, 1.165) is 11.1 Å². The zero-order valence-corrected chi connectivity index (χ0v) is 15.5. The van der Waals surface area contributed by atoms with Crippen molar-refractivity contribution in [1.82, 2.24) is 0 Å². The first kappa shape index (κ1) is 19.1. The molecule has 0 spiro atoms. The first-order chi connectivity index (χ1) is 13.4. The third-order valence-corrected chi connectivity index (χ3v) is 4.17. The number of hydrogen-bond donors (Lipinski definition) is 1. The molecule has 6 heteroatoms. The van der Waals surface area contributed by atoms with Crippen LogP contribution >= 0.6 is 0 Å². The standard InChI is InChI=1S/C22H19NO5/c1-14-5-8-16(9-6-14)19(24)13-28-22(26)17-10-7-15(2)18(12-17)23-21(25)20-4-3-11-27-20/h3-12H,13H2,1-2H3,(H,23,25). The van der Waals surface area contributed by atoms with Crippen LogP contribution in [-0.4, -0.2) is 24.3 Å². The summed E-state index contributed by atoms with van der Waals surface area (Å²) in [5.74, 6) is -1.19. The van der Waals surface area contributed by atoms with Crippen LogP contribution < -0.4 is 5.32 Å². The fourth-order valence-electron chi connectivity index (χ4n) is 2.51. The highest BCUT2D eigenvalue weighted by molar-refractivity contribution is 6.04. The van der Waals surface area contributed by atoms with Gasteiger partial charge in [0.25, 0.3) is 5.91 Å². The molecule has 0 unspecified atom stereocenters. The summed E-state index contributed by atoms with van der Waals surface area (Å²) >= 11 is 0. The molecular formula is C22H19NO5. The summed E-state index contributed by atoms with van der Waals surface area (Å²) in [6.07, 6.45) is 1.40. The Hall–Kier alpha value is -3.67. The number of ether oxygens (including phenoxy) is 1. The molecule has 0 atom stereocenters. The molecule has 3 aromatic rings. The van der Waals surface area contributed by atoms with Gasteiger partial charge in [-0.05, 0) is 43.7 Å². The van der Waals surface area contributed by atoms with E-state index < -0.39 is 11.9 Å². The molecule has 2 aromatic carbocycles. The van der Waals surface area contributed by atoms with Crippen LogP contribution in [0.25, 0.3) is 0 Å². The molecule has 1 heterocycles. The summed E-state index contributed by atoms with van der Waals surface area (Å²) in [6.45, 7) is 3.37. The molecule has 3 rings (SSSR count). The third kappa shape index (κ3) is 4.54. The molecule has 0 radical (unpaired) electrons. The Labute approximate surface area is 162 Å². The van der Waals surface area contributed by atoms with Gasteiger partial charge in [-0.1, -0.05) is 35.9 Å². The van der Waals surface area contributed by atoms with Crippen LogP contribution in [-0.2, 0) is 4.74 Å². The summed E-state index contributed by atoms with van der Waals surface area (Å²) in [4.78, 5) is 36.6. The number of amides is 1. The van der Waals surface area contributed by atoms with E-state index >= 15 is 0 Å². The van der Waals surface area contributed by atoms with E-state index in [2.05, 4.69) is 5.32 Å². The summed E-state index contributed by atoms with van der Waals surface area (Å²) in [7, 11) is 0. The van der Waals surface area contributed by atoms with Crippen molar-refractivity contribution in [2.75, 3.05) is 11.9 Å². The van der Waals surface area contributed by atoms with Gasteiger partial charge in [0.2, 0.25) is 0 Å². The molecule has 28 heavy (non-hydrogen) atoms. The average molecular weight is 377 g/mol. The lowest BCUT2D eigenvalue weighted by Crippen LogP contribution is -2.16. The smallest absolute Gasteiger partial charge is 0.338 e. The molecule has 0 aliphatic rings. The molecule has 0 fully saturated rings. The number of nitrogens with one attached hydrogen (secondary N) is 1. The molecule has 142 valence electrons. The highest BCUT2D eigenvalue weighted by atomic mass is 16.5. The van der Waals surface area contributed by atoms with Crippen LogP contribution in [0.4, 0.5) is 5.69 Å². The van der Waals surface area contributed by atoms with Gasteiger partial charge in [-0.25, -0.2) is 4.79 Å². The second kappa shape index (κ2) is 8.35. The Morgan fingerprint density at radius 3 is 2.36 bits per heavy atom. The lowest BCUT2D eigenvalue weighted by molar-refractivity contribution is 0.0474. The number of Topliss-reactive ketones (excluding diaryl/α,β-unsaturated/α-hetero) is 1. The summed E-state index contributed by atoms with van der Waals surface area (Å²) in [5, 5.41) is 2.70. The number of furan rings is 1. The highest BCUT2D eigenvalue weighted by Gasteiger charge is 2.15. The van der Waals surface area contributed by atoms with Crippen LogP contribution in [0.5, 0.6) is 0 Å². The van der Waals surface area contributed by atoms with Gasteiger partial charge in [-0.3, -0.25) is 9.59 Å². The number of hydrogen-bond acceptors (Lipinski definition) is 5. The van der Waals surface area contributed by atoms with E-state index in [0.29, 0.717) is 11.3 Å². The Morgan fingerprint density at radius 1 is 0.964 bits per heavy atom. The van der Waals surface area contributed by atoms with Crippen LogP contribution in [0.1, 0.15) is 42.4 Å². The minimum absolute atomic E-state index is 0.163. The fraction of sp³-hybridized carbons (Fsp3) is 0.136. The van der Waals surface area contributed by atoms with E-state index in [1.807, 2.05) is 19.1 Å². The maximum Gasteiger partial charge on any atom is 0.338 e. The van der Waals surface area contributed by atoms with E-state index in [9.17, 15) is 14.4 Å². The minimum Gasteiger partial charge on any atom is -0.459 e. The second-order valence-corrected chi connectivity index (χ2v) is 6.33. The molecule has 6 nitrogen and oxygen atoms in total. The van der Waals surface area contributed by atoms with E-state index in [1.165, 1.54) is 12.3 Å². The number of carbonyl (C=O) groups excluding carboxylic acids is 3. The van der Waals surface area contributed by atoms with Crippen molar-refractivity contribution in [1.29, 1.82) is 0 Å². The predicted octanol–water partition coefficient (Wildman–Crippen LogP) is 4.19. The lowest BCUT2D eigenvalue weighted by Gasteiger charge is -2.10. The van der Waals surface area contributed by atoms with Crippen molar-refractivity contribution in [3.05, 3.63) is 88.9 Å². The largest absolute Gasteiger partial charge is 0.459 e. The molecular weight excluding hydrogens is 358 g/mol. The molecule has 0 saturated carbocycles. The van der Waals surface area contributed by atoms with Crippen molar-refractivity contribution in [3.8, 4) is 0 Å². The van der Waals surface area contributed by atoms with Gasteiger partial charge < -0.3 is 14.5 Å². The minimum atomic E-state index is -0.644. The molecule has 0 saturated heterocycles. The van der Waals surface area contributed by atoms with Gasteiger partial charge in [0.1, 0.15) is 0 Å². The molecule has 1 amide bonds. The maximum atomic E-state index is 12.3.